The Morgan fingerprint density at radius 3 is 2.73 bits per heavy atom. The monoisotopic (exact) mass is 374 g/mol. The largest absolute Gasteiger partial charge is 0.493 e. The summed E-state index contributed by atoms with van der Waals surface area (Å²) in [6.45, 7) is -0.778. The highest BCUT2D eigenvalue weighted by molar-refractivity contribution is 5.42. The van der Waals surface area contributed by atoms with Crippen molar-refractivity contribution in [2.75, 3.05) is 20.7 Å². The predicted molar refractivity (Wildman–Crippen MR) is 105 cm³/mol. The van der Waals surface area contributed by atoms with Crippen LogP contribution in [0.2, 0.25) is 0 Å². The summed E-state index contributed by atoms with van der Waals surface area (Å²) >= 11 is 0. The van der Waals surface area contributed by atoms with Gasteiger partial charge < -0.3 is 19.3 Å². The summed E-state index contributed by atoms with van der Waals surface area (Å²) in [7, 11) is -2.11. The Balaban J connectivity index is 2.48. The lowest BCUT2D eigenvalue weighted by atomic mass is 10.0. The maximum absolute atomic E-state index is 10.8. The van der Waals surface area contributed by atoms with Gasteiger partial charge in [-0.2, -0.15) is 0 Å². The summed E-state index contributed by atoms with van der Waals surface area (Å²) in [6, 6.07) is -4.40. The number of hydrogen-bond donors (Lipinski definition) is 1. The van der Waals surface area contributed by atoms with Crippen LogP contribution in [-0.4, -0.2) is 31.9 Å². The normalized spacial score (nSPS) is 24.2. The van der Waals surface area contributed by atoms with Crippen LogP contribution < -0.4 is 14.2 Å². The Morgan fingerprint density at radius 2 is 1.96 bits per heavy atom. The van der Waals surface area contributed by atoms with E-state index >= 15 is 0 Å². The molecular weight excluding hydrogens is 328 g/mol. The minimum atomic E-state index is -3.79. The molecule has 0 radical (unpaired) electrons. The fourth-order valence-electron chi connectivity index (χ4n) is 1.78. The lowest BCUT2D eigenvalue weighted by Gasteiger charge is -2.13. The van der Waals surface area contributed by atoms with Crippen molar-refractivity contribution >= 4 is 0 Å². The summed E-state index contributed by atoms with van der Waals surface area (Å²) in [5.74, 6) is -2.29. The van der Waals surface area contributed by atoms with Gasteiger partial charge in [-0.1, -0.05) is 18.5 Å². The van der Waals surface area contributed by atoms with E-state index in [1.54, 1.807) is 0 Å². The third-order valence-electron chi connectivity index (χ3n) is 3.25. The highest BCUT2D eigenvalue weighted by Gasteiger charge is 2.07. The highest BCUT2D eigenvalue weighted by atomic mass is 16.5. The average molecular weight is 375 g/mol. The molecule has 142 valence electrons. The van der Waals surface area contributed by atoms with Gasteiger partial charge in [-0.05, 0) is 73.9 Å². The summed E-state index contributed by atoms with van der Waals surface area (Å²) in [5.41, 5.74) is -0.408. The van der Waals surface area contributed by atoms with Crippen molar-refractivity contribution in [1.82, 2.24) is 0 Å². The molecule has 1 N–H and O–H groups in total. The minimum Gasteiger partial charge on any atom is -0.493 e. The maximum atomic E-state index is 10.8. The van der Waals surface area contributed by atoms with Crippen molar-refractivity contribution < 1.29 is 41.2 Å². The highest BCUT2D eigenvalue weighted by Crippen LogP contribution is 2.28. The smallest absolute Gasteiger partial charge is 0.160 e. The molecule has 0 bridgehead atoms. The molecule has 0 aromatic heterocycles. The molecule has 0 heterocycles. The lowest BCUT2D eigenvalue weighted by Crippen LogP contribution is -2.17. The van der Waals surface area contributed by atoms with E-state index in [9.17, 15) is 5.11 Å². The first-order valence-electron chi connectivity index (χ1n) is 15.6. The van der Waals surface area contributed by atoms with Crippen LogP contribution >= 0.6 is 0 Å². The Bertz CT molecular complexity index is 1320. The van der Waals surface area contributed by atoms with Gasteiger partial charge in [0.2, 0.25) is 0 Å². The van der Waals surface area contributed by atoms with Gasteiger partial charge in [0.15, 0.2) is 11.5 Å². The van der Waals surface area contributed by atoms with Crippen LogP contribution in [0.3, 0.4) is 0 Å². The second kappa shape index (κ2) is 10.1. The molecule has 2 aromatic carbocycles. The van der Waals surface area contributed by atoms with Gasteiger partial charge in [0.1, 0.15) is 12.3 Å². The van der Waals surface area contributed by atoms with Gasteiger partial charge in [0.25, 0.3) is 0 Å². The van der Waals surface area contributed by atoms with Gasteiger partial charge in [0, 0.05) is 5.48 Å². The quantitative estimate of drug-likeness (QED) is 0.666. The number of hydrogen-bond acceptors (Lipinski definition) is 4. The molecule has 0 saturated carbocycles. The zero-order chi connectivity index (χ0) is 33.0. The number of methoxy groups -OCH3 is 2. The molecule has 0 spiro atoms. The van der Waals surface area contributed by atoms with Crippen LogP contribution in [0.4, 0.5) is 0 Å². The summed E-state index contributed by atoms with van der Waals surface area (Å²) < 4.78 is 143. The Morgan fingerprint density at radius 1 is 1.12 bits per heavy atom. The Labute approximate surface area is 179 Å². The summed E-state index contributed by atoms with van der Waals surface area (Å²) in [6.07, 6.45) is -12.0. The minimum absolute atomic E-state index is 0.156. The topological polar surface area (TPSA) is 47.9 Å². The molecule has 0 amide bonds. The molecule has 1 atom stereocenters. The average Bonchev–Trinajstić information content (AvgIpc) is 2.85. The summed E-state index contributed by atoms with van der Waals surface area (Å²) in [4.78, 5) is 0. The van der Waals surface area contributed by atoms with Crippen LogP contribution in [0.5, 0.6) is 17.2 Å². The van der Waals surface area contributed by atoms with Crippen LogP contribution in [0, 0.1) is 13.8 Å². The second-order valence-corrected chi connectivity index (χ2v) is 5.07. The van der Waals surface area contributed by atoms with Crippen molar-refractivity contribution in [3.8, 4) is 17.2 Å². The van der Waals surface area contributed by atoms with E-state index in [-0.39, 0.29) is 11.1 Å². The molecule has 0 aliphatic rings. The molecule has 4 nitrogen and oxygen atoms in total. The number of aliphatic hydroxyl groups is 1. The summed E-state index contributed by atoms with van der Waals surface area (Å²) in [5, 5.41) is 10.8. The first-order chi connectivity index (χ1) is 18.8. The van der Waals surface area contributed by atoms with Gasteiger partial charge in [-0.25, -0.2) is 0 Å². The van der Waals surface area contributed by atoms with Crippen molar-refractivity contribution in [2.24, 2.45) is 0 Å². The molecule has 0 fully saturated rings. The van der Waals surface area contributed by atoms with Crippen molar-refractivity contribution in [2.45, 2.75) is 45.5 Å². The first kappa shape index (κ1) is 7.43. The molecule has 2 aromatic rings. The van der Waals surface area contributed by atoms with Crippen LogP contribution in [0.1, 0.15) is 57.8 Å². The second-order valence-electron chi connectivity index (χ2n) is 5.07. The van der Waals surface area contributed by atoms with E-state index in [0.29, 0.717) is 0 Å². The van der Waals surface area contributed by atoms with Crippen molar-refractivity contribution in [1.29, 1.82) is 0 Å². The molecule has 0 aliphatic carbocycles. The van der Waals surface area contributed by atoms with Gasteiger partial charge in [0.05, 0.1) is 36.7 Å². The van der Waals surface area contributed by atoms with E-state index in [0.717, 1.165) is 7.11 Å². The van der Waals surface area contributed by atoms with Crippen molar-refractivity contribution in [3.63, 3.8) is 0 Å². The molecular formula is C22H30O4. The fourth-order valence-corrected chi connectivity index (χ4v) is 1.78. The van der Waals surface area contributed by atoms with E-state index in [2.05, 4.69) is 4.74 Å². The molecule has 4 heteroatoms. The number of ether oxygens (including phenoxy) is 3. The third-order valence-corrected chi connectivity index (χ3v) is 3.25. The van der Waals surface area contributed by atoms with E-state index < -0.39 is 104 Å². The van der Waals surface area contributed by atoms with Gasteiger partial charge in [-0.15, -0.1) is 0 Å². The lowest BCUT2D eigenvalue weighted by molar-refractivity contribution is 0.0976. The molecule has 26 heavy (non-hydrogen) atoms. The maximum Gasteiger partial charge on any atom is 0.160 e. The Hall–Kier alpha value is -2.20. The fraction of sp³-hybridized carbons (Fsp3) is 0.455. The van der Waals surface area contributed by atoms with Gasteiger partial charge >= 0.3 is 0 Å². The van der Waals surface area contributed by atoms with Gasteiger partial charge in [-0.3, -0.25) is 0 Å². The Kier molecular flexibility index (Phi) is 2.88. The van der Waals surface area contributed by atoms with Crippen LogP contribution in [0.15, 0.2) is 36.3 Å². The molecule has 0 saturated heterocycles. The zero-order valence-corrected chi connectivity index (χ0v) is 14.6. The number of rotatable bonds is 10. The molecule has 1 unspecified atom stereocenters. The van der Waals surface area contributed by atoms with E-state index in [1.807, 2.05) is 0 Å². The molecule has 2 rings (SSSR count). The number of benzene rings is 2. The zero-order valence-electron chi connectivity index (χ0n) is 30.6. The van der Waals surface area contributed by atoms with Crippen LogP contribution in [-0.2, 0) is 6.37 Å². The van der Waals surface area contributed by atoms with E-state index in [4.69, 9.17) is 31.4 Å². The predicted octanol–water partition coefficient (Wildman–Crippen LogP) is 4.47. The van der Waals surface area contributed by atoms with Crippen LogP contribution in [0.25, 0.3) is 0 Å². The third kappa shape index (κ3) is 5.95. The van der Waals surface area contributed by atoms with E-state index in [1.165, 1.54) is 13.8 Å². The van der Waals surface area contributed by atoms with Crippen molar-refractivity contribution in [3.05, 3.63) is 52.9 Å². The SMILES string of the molecule is [2H]c1c([2H])c(OC([2H])([2H])C([2H])(O)C([2H])([2H])CCC([2H])([2H])c2c([2H])c([2H])c(OC([2H])([2H])[2H])c(OC)c2[2H])c([2H])c(C)c1C. The first-order valence-corrected chi connectivity index (χ1v) is 7.61. The molecule has 0 aliphatic heterocycles. The standard InChI is InChI=1S/C22H30O4/c1-16-9-11-20(13-17(16)2)26-15-19(23)8-6-5-7-18-10-12-21(24-3)22(14-18)25-4/h9-14,19,23H,5-8,15H2,1-4H3/i3D3,7D2,8D2,9D,10D,11D,12D,13D,14D,15D2,19D.